The minimum Gasteiger partial charge on any atom is -0.384 e. The van der Waals surface area contributed by atoms with Crippen molar-refractivity contribution in [3.05, 3.63) is 99.5 Å². The number of nitriles is 1. The standard InChI is InChI=1S/C24H19N7O3/c1-3-12-29-19-7-5-4-6-17(19)24(23(29)32)18(13-25)21(26)27-22-20(24)14(2)28-30(22)15-8-10-16(11-9-15)31(33)34/h3-11,27H,1,12,26H2,2H3. The Balaban J connectivity index is 1.82. The molecule has 1 atom stereocenters. The van der Waals surface area contributed by atoms with Crippen LogP contribution in [0.4, 0.5) is 17.2 Å². The van der Waals surface area contributed by atoms with Crippen molar-refractivity contribution in [2.24, 2.45) is 5.73 Å². The van der Waals surface area contributed by atoms with Crippen LogP contribution in [0.1, 0.15) is 16.8 Å². The number of amides is 1. The molecule has 1 aromatic heterocycles. The minimum atomic E-state index is -1.48. The van der Waals surface area contributed by atoms with Crippen molar-refractivity contribution >= 4 is 23.1 Å². The number of fused-ring (bicyclic) bond motifs is 4. The number of aryl methyl sites for hydroxylation is 1. The summed E-state index contributed by atoms with van der Waals surface area (Å²) in [4.78, 5) is 26.3. The lowest BCUT2D eigenvalue weighted by molar-refractivity contribution is -0.384. The van der Waals surface area contributed by atoms with Crippen LogP contribution in [0, 0.1) is 28.4 Å². The van der Waals surface area contributed by atoms with Gasteiger partial charge in [0.15, 0.2) is 0 Å². The topological polar surface area (TPSA) is 143 Å². The molecule has 0 bridgehead atoms. The van der Waals surface area contributed by atoms with Crippen LogP contribution < -0.4 is 16.0 Å². The summed E-state index contributed by atoms with van der Waals surface area (Å²) in [5, 5.41) is 28.9. The highest BCUT2D eigenvalue weighted by molar-refractivity contribution is 6.15. The smallest absolute Gasteiger partial charge is 0.269 e. The van der Waals surface area contributed by atoms with E-state index >= 15 is 0 Å². The molecule has 1 unspecified atom stereocenters. The van der Waals surface area contributed by atoms with Crippen LogP contribution in [0.3, 0.4) is 0 Å². The Hall–Kier alpha value is -4.91. The van der Waals surface area contributed by atoms with E-state index in [0.717, 1.165) is 0 Å². The molecule has 0 saturated carbocycles. The number of benzene rings is 2. The van der Waals surface area contributed by atoms with Gasteiger partial charge in [-0.3, -0.25) is 14.9 Å². The van der Waals surface area contributed by atoms with Crippen LogP contribution in [0.5, 0.6) is 0 Å². The van der Waals surface area contributed by atoms with Gasteiger partial charge in [0.05, 0.1) is 21.9 Å². The van der Waals surface area contributed by atoms with Gasteiger partial charge in [0, 0.05) is 35.5 Å². The first-order valence-corrected chi connectivity index (χ1v) is 10.4. The van der Waals surface area contributed by atoms with Crippen LogP contribution in [0.25, 0.3) is 5.69 Å². The largest absolute Gasteiger partial charge is 0.384 e. The molecule has 2 aromatic carbocycles. The van der Waals surface area contributed by atoms with E-state index in [9.17, 15) is 20.2 Å². The third-order valence-electron chi connectivity index (χ3n) is 6.23. The van der Waals surface area contributed by atoms with Crippen molar-refractivity contribution in [1.82, 2.24) is 9.78 Å². The van der Waals surface area contributed by atoms with Gasteiger partial charge >= 0.3 is 0 Å². The van der Waals surface area contributed by atoms with Crippen molar-refractivity contribution in [2.45, 2.75) is 12.3 Å². The van der Waals surface area contributed by atoms with Crippen LogP contribution in [0.2, 0.25) is 0 Å². The number of nitrogens with zero attached hydrogens (tertiary/aromatic N) is 5. The molecule has 2 aliphatic rings. The lowest BCUT2D eigenvalue weighted by atomic mass is 9.68. The Kier molecular flexibility index (Phi) is 4.51. The number of nitro benzene ring substituents is 1. The summed E-state index contributed by atoms with van der Waals surface area (Å²) in [5.74, 6) is 0.148. The number of hydrogen-bond acceptors (Lipinski definition) is 7. The maximum atomic E-state index is 14.1. The molecule has 10 heteroatoms. The lowest BCUT2D eigenvalue weighted by Crippen LogP contribution is -2.46. The Morgan fingerprint density at radius 1 is 1.29 bits per heavy atom. The number of para-hydroxylation sites is 1. The lowest BCUT2D eigenvalue weighted by Gasteiger charge is -2.34. The molecule has 2 aliphatic heterocycles. The van der Waals surface area contributed by atoms with Gasteiger partial charge in [-0.25, -0.2) is 4.68 Å². The molecule has 0 fully saturated rings. The zero-order chi connectivity index (χ0) is 24.2. The molecule has 3 N–H and O–H groups in total. The fourth-order valence-electron chi connectivity index (χ4n) is 4.90. The summed E-state index contributed by atoms with van der Waals surface area (Å²) >= 11 is 0. The van der Waals surface area contributed by atoms with Crippen molar-refractivity contribution < 1.29 is 9.72 Å². The zero-order valence-corrected chi connectivity index (χ0v) is 18.1. The first kappa shape index (κ1) is 21.0. The van der Waals surface area contributed by atoms with Crippen molar-refractivity contribution in [3.63, 3.8) is 0 Å². The SMILES string of the molecule is C=CCN1C(=O)C2(C(C#N)=C(N)Nc3c2c(C)nn3-c2ccc([N+](=O)[O-])cc2)c2ccccc21. The fraction of sp³-hybridized carbons (Fsp3) is 0.125. The Labute approximate surface area is 194 Å². The molecule has 0 radical (unpaired) electrons. The average Bonchev–Trinajstić information content (AvgIpc) is 3.28. The number of hydrogen-bond donors (Lipinski definition) is 2. The maximum Gasteiger partial charge on any atom is 0.269 e. The van der Waals surface area contributed by atoms with E-state index in [1.54, 1.807) is 34.7 Å². The summed E-state index contributed by atoms with van der Waals surface area (Å²) in [7, 11) is 0. The zero-order valence-electron chi connectivity index (χ0n) is 18.1. The summed E-state index contributed by atoms with van der Waals surface area (Å²) in [6.45, 7) is 5.79. The van der Waals surface area contributed by atoms with Gasteiger partial charge in [-0.1, -0.05) is 24.3 Å². The average molecular weight is 453 g/mol. The number of aromatic nitrogens is 2. The molecule has 168 valence electrons. The van der Waals surface area contributed by atoms with E-state index in [1.165, 1.54) is 12.1 Å². The molecule has 3 heterocycles. The highest BCUT2D eigenvalue weighted by atomic mass is 16.6. The summed E-state index contributed by atoms with van der Waals surface area (Å²) in [6, 6.07) is 15.3. The van der Waals surface area contributed by atoms with Gasteiger partial charge in [0.25, 0.3) is 5.69 Å². The van der Waals surface area contributed by atoms with E-state index in [1.807, 2.05) is 24.3 Å². The molecule has 10 nitrogen and oxygen atoms in total. The van der Waals surface area contributed by atoms with Gasteiger partial charge < -0.3 is 16.0 Å². The molecule has 34 heavy (non-hydrogen) atoms. The van der Waals surface area contributed by atoms with Crippen LogP contribution in [0.15, 0.2) is 72.6 Å². The predicted octanol–water partition coefficient (Wildman–Crippen LogP) is 3.03. The van der Waals surface area contributed by atoms with Gasteiger partial charge in [-0.15, -0.1) is 6.58 Å². The van der Waals surface area contributed by atoms with E-state index in [0.29, 0.717) is 34.0 Å². The maximum absolute atomic E-state index is 14.1. The quantitative estimate of drug-likeness (QED) is 0.351. The second kappa shape index (κ2) is 7.31. The van der Waals surface area contributed by atoms with E-state index in [2.05, 4.69) is 23.1 Å². The van der Waals surface area contributed by atoms with Crippen molar-refractivity contribution in [2.75, 3.05) is 16.8 Å². The van der Waals surface area contributed by atoms with Gasteiger partial charge in [0.1, 0.15) is 23.1 Å². The van der Waals surface area contributed by atoms with Crippen molar-refractivity contribution in [1.29, 1.82) is 5.26 Å². The highest BCUT2D eigenvalue weighted by Crippen LogP contribution is 2.55. The Bertz CT molecular complexity index is 1460. The molecule has 0 saturated heterocycles. The first-order valence-electron chi connectivity index (χ1n) is 10.4. The monoisotopic (exact) mass is 453 g/mol. The second-order valence-corrected chi connectivity index (χ2v) is 7.99. The molecule has 1 spiro atoms. The minimum absolute atomic E-state index is 0.0432. The molecule has 0 aliphatic carbocycles. The van der Waals surface area contributed by atoms with Gasteiger partial charge in [0.2, 0.25) is 5.91 Å². The number of nitro groups is 1. The summed E-state index contributed by atoms with van der Waals surface area (Å²) in [6.07, 6.45) is 1.63. The normalized spacial score (nSPS) is 18.4. The summed E-state index contributed by atoms with van der Waals surface area (Å²) in [5.41, 5.74) is 7.76. The molecule has 1 amide bonds. The second-order valence-electron chi connectivity index (χ2n) is 7.99. The predicted molar refractivity (Wildman–Crippen MR) is 125 cm³/mol. The third kappa shape index (κ3) is 2.55. The molecular formula is C24H19N7O3. The number of anilines is 2. The van der Waals surface area contributed by atoms with Crippen LogP contribution in [-0.2, 0) is 10.2 Å². The molecule has 3 aromatic rings. The van der Waals surface area contributed by atoms with Crippen molar-refractivity contribution in [3.8, 4) is 11.8 Å². The number of nitrogens with two attached hydrogens (primary N) is 1. The number of carbonyl (C=O) groups is 1. The highest BCUT2D eigenvalue weighted by Gasteiger charge is 2.60. The van der Waals surface area contributed by atoms with E-state index in [4.69, 9.17) is 5.73 Å². The molecule has 5 rings (SSSR count). The Morgan fingerprint density at radius 2 is 2.00 bits per heavy atom. The van der Waals surface area contributed by atoms with E-state index < -0.39 is 10.3 Å². The van der Waals surface area contributed by atoms with Gasteiger partial charge in [-0.05, 0) is 25.1 Å². The Morgan fingerprint density at radius 3 is 2.65 bits per heavy atom. The van der Waals surface area contributed by atoms with Gasteiger partial charge in [-0.2, -0.15) is 10.4 Å². The number of non-ortho nitro benzene ring substituents is 1. The number of carbonyl (C=O) groups excluding carboxylic acids is 1. The summed E-state index contributed by atoms with van der Waals surface area (Å²) < 4.78 is 1.54. The van der Waals surface area contributed by atoms with Crippen LogP contribution >= 0.6 is 0 Å². The van der Waals surface area contributed by atoms with E-state index in [-0.39, 0.29) is 29.5 Å². The molecular weight excluding hydrogens is 434 g/mol. The fourth-order valence-corrected chi connectivity index (χ4v) is 4.90. The number of nitrogens with one attached hydrogen (secondary N) is 1. The van der Waals surface area contributed by atoms with Crippen LogP contribution in [-0.4, -0.2) is 27.2 Å². The number of rotatable bonds is 4. The third-order valence-corrected chi connectivity index (χ3v) is 6.23. The first-order chi connectivity index (χ1) is 16.4.